The smallest absolute Gasteiger partial charge is 0.328 e. The van der Waals surface area contributed by atoms with E-state index in [-0.39, 0.29) is 12.5 Å². The Morgan fingerprint density at radius 2 is 1.81 bits per heavy atom. The van der Waals surface area contributed by atoms with E-state index in [0.717, 1.165) is 23.6 Å². The monoisotopic (exact) mass is 353 g/mol. The van der Waals surface area contributed by atoms with E-state index in [1.165, 1.54) is 4.90 Å². The maximum Gasteiger partial charge on any atom is 0.328 e. The van der Waals surface area contributed by atoms with E-state index < -0.39 is 17.7 Å². The molecule has 2 fully saturated rings. The summed E-state index contributed by atoms with van der Waals surface area (Å²) >= 11 is 0. The molecule has 0 radical (unpaired) electrons. The van der Waals surface area contributed by atoms with Crippen LogP contribution in [0.2, 0.25) is 0 Å². The van der Waals surface area contributed by atoms with Crippen LogP contribution in [-0.2, 0) is 9.53 Å². The van der Waals surface area contributed by atoms with Gasteiger partial charge in [0.25, 0.3) is 5.91 Å². The fourth-order valence-electron chi connectivity index (χ4n) is 4.23. The molecule has 1 saturated heterocycles. The average Bonchev–Trinajstić information content (AvgIpc) is 3.02. The molecule has 0 aromatic heterocycles. The highest BCUT2D eigenvalue weighted by atomic mass is 16.5. The molecule has 1 spiro atoms. The highest BCUT2D eigenvalue weighted by Crippen LogP contribution is 2.43. The fraction of sp³-hybridized carbons (Fsp3) is 0.429. The SMILES string of the molecule is CC1CCC2(CC1)OC[C@@H](C(=O)O)N2C(=O)c1ccc2ccccc2c1. The highest BCUT2D eigenvalue weighted by molar-refractivity contribution is 6.00. The van der Waals surface area contributed by atoms with Crippen LogP contribution in [0.1, 0.15) is 43.0 Å². The summed E-state index contributed by atoms with van der Waals surface area (Å²) in [6, 6.07) is 12.4. The Morgan fingerprint density at radius 1 is 1.12 bits per heavy atom. The van der Waals surface area contributed by atoms with Crippen LogP contribution in [-0.4, -0.2) is 40.3 Å². The van der Waals surface area contributed by atoms with Gasteiger partial charge in [0.05, 0.1) is 6.61 Å². The van der Waals surface area contributed by atoms with Crippen molar-refractivity contribution >= 4 is 22.6 Å². The molecule has 26 heavy (non-hydrogen) atoms. The lowest BCUT2D eigenvalue weighted by Crippen LogP contribution is -2.55. The summed E-state index contributed by atoms with van der Waals surface area (Å²) in [7, 11) is 0. The number of benzene rings is 2. The average molecular weight is 353 g/mol. The number of nitrogens with zero attached hydrogens (tertiary/aromatic N) is 1. The molecule has 0 bridgehead atoms. The van der Waals surface area contributed by atoms with E-state index in [9.17, 15) is 14.7 Å². The van der Waals surface area contributed by atoms with Gasteiger partial charge in [-0.2, -0.15) is 0 Å². The van der Waals surface area contributed by atoms with E-state index in [4.69, 9.17) is 4.74 Å². The van der Waals surface area contributed by atoms with Gasteiger partial charge in [0.15, 0.2) is 6.04 Å². The zero-order valence-electron chi connectivity index (χ0n) is 14.9. The molecule has 1 saturated carbocycles. The Hall–Kier alpha value is -2.40. The molecule has 136 valence electrons. The number of rotatable bonds is 2. The van der Waals surface area contributed by atoms with Crippen LogP contribution in [0.5, 0.6) is 0 Å². The van der Waals surface area contributed by atoms with Crippen molar-refractivity contribution in [2.45, 2.75) is 44.4 Å². The molecule has 2 aromatic carbocycles. The van der Waals surface area contributed by atoms with Crippen LogP contribution < -0.4 is 0 Å². The molecule has 5 heteroatoms. The van der Waals surface area contributed by atoms with Crippen LogP contribution in [0, 0.1) is 5.92 Å². The number of ether oxygens (including phenoxy) is 1. The summed E-state index contributed by atoms with van der Waals surface area (Å²) in [6.07, 6.45) is 3.26. The molecule has 1 aliphatic carbocycles. The lowest BCUT2D eigenvalue weighted by molar-refractivity contribution is -0.143. The molecule has 4 rings (SSSR count). The first kappa shape index (κ1) is 17.0. The minimum atomic E-state index is -1.00. The minimum absolute atomic E-state index is 0.0586. The van der Waals surface area contributed by atoms with Crippen molar-refractivity contribution in [1.82, 2.24) is 4.90 Å². The van der Waals surface area contributed by atoms with Crippen molar-refractivity contribution in [2.75, 3.05) is 6.61 Å². The lowest BCUT2D eigenvalue weighted by Gasteiger charge is -2.42. The van der Waals surface area contributed by atoms with Crippen molar-refractivity contribution in [2.24, 2.45) is 5.92 Å². The molecule has 1 heterocycles. The third-order valence-electron chi connectivity index (χ3n) is 5.82. The van der Waals surface area contributed by atoms with Crippen molar-refractivity contribution in [3.8, 4) is 0 Å². The quantitative estimate of drug-likeness (QED) is 0.894. The number of amides is 1. The van der Waals surface area contributed by atoms with Gasteiger partial charge in [-0.15, -0.1) is 0 Å². The number of hydrogen-bond acceptors (Lipinski definition) is 3. The summed E-state index contributed by atoms with van der Waals surface area (Å²) in [6.45, 7) is 2.25. The molecule has 1 amide bonds. The van der Waals surface area contributed by atoms with Gasteiger partial charge in [-0.3, -0.25) is 9.69 Å². The molecular weight excluding hydrogens is 330 g/mol. The maximum absolute atomic E-state index is 13.3. The Bertz CT molecular complexity index is 854. The second-order valence-corrected chi connectivity index (χ2v) is 7.53. The van der Waals surface area contributed by atoms with Gasteiger partial charge in [0.1, 0.15) is 5.72 Å². The van der Waals surface area contributed by atoms with E-state index in [1.54, 1.807) is 6.07 Å². The van der Waals surface area contributed by atoms with E-state index >= 15 is 0 Å². The van der Waals surface area contributed by atoms with Crippen LogP contribution in [0.15, 0.2) is 42.5 Å². The summed E-state index contributed by atoms with van der Waals surface area (Å²) in [4.78, 5) is 26.6. The van der Waals surface area contributed by atoms with E-state index in [1.807, 2.05) is 36.4 Å². The molecule has 2 aliphatic rings. The summed E-state index contributed by atoms with van der Waals surface area (Å²) in [5.74, 6) is -0.685. The molecule has 5 nitrogen and oxygen atoms in total. The third kappa shape index (κ3) is 2.76. The Kier molecular flexibility index (Phi) is 4.19. The first-order valence-electron chi connectivity index (χ1n) is 9.19. The van der Waals surface area contributed by atoms with Crippen LogP contribution in [0.3, 0.4) is 0 Å². The number of hydrogen-bond donors (Lipinski definition) is 1. The van der Waals surface area contributed by atoms with Gasteiger partial charge in [-0.1, -0.05) is 37.3 Å². The van der Waals surface area contributed by atoms with Crippen LogP contribution in [0.25, 0.3) is 10.8 Å². The molecule has 2 aromatic rings. The number of carboxylic acids is 1. The highest BCUT2D eigenvalue weighted by Gasteiger charge is 2.53. The summed E-state index contributed by atoms with van der Waals surface area (Å²) < 4.78 is 5.97. The van der Waals surface area contributed by atoms with Gasteiger partial charge >= 0.3 is 5.97 Å². The maximum atomic E-state index is 13.3. The van der Waals surface area contributed by atoms with Crippen molar-refractivity contribution < 1.29 is 19.4 Å². The standard InChI is InChI=1S/C21H23NO4/c1-14-8-10-21(11-9-14)22(18(13-26-21)20(24)25)19(23)17-7-6-15-4-2-3-5-16(15)12-17/h2-7,12,14,18H,8-11,13H2,1H3,(H,24,25)/t14?,18-,21?/m0/s1. The molecule has 1 atom stereocenters. The fourth-order valence-corrected chi connectivity index (χ4v) is 4.23. The molecular formula is C21H23NO4. The third-order valence-corrected chi connectivity index (χ3v) is 5.82. The lowest BCUT2D eigenvalue weighted by atomic mass is 9.83. The molecule has 1 N–H and O–H groups in total. The Morgan fingerprint density at radius 3 is 2.50 bits per heavy atom. The van der Waals surface area contributed by atoms with Gasteiger partial charge < -0.3 is 9.84 Å². The van der Waals surface area contributed by atoms with Gasteiger partial charge in [-0.25, -0.2) is 4.79 Å². The van der Waals surface area contributed by atoms with Crippen molar-refractivity contribution in [3.05, 3.63) is 48.0 Å². The Balaban J connectivity index is 1.72. The minimum Gasteiger partial charge on any atom is -0.480 e. The molecule has 1 aliphatic heterocycles. The Labute approximate surface area is 152 Å². The number of carboxylic acid groups (broad SMARTS) is 1. The van der Waals surface area contributed by atoms with Gasteiger partial charge in [0, 0.05) is 5.56 Å². The summed E-state index contributed by atoms with van der Waals surface area (Å²) in [5, 5.41) is 11.7. The number of aliphatic carboxylic acids is 1. The van der Waals surface area contributed by atoms with Gasteiger partial charge in [-0.05, 0) is 54.5 Å². The van der Waals surface area contributed by atoms with E-state index in [2.05, 4.69) is 6.92 Å². The van der Waals surface area contributed by atoms with Crippen molar-refractivity contribution in [1.29, 1.82) is 0 Å². The zero-order valence-corrected chi connectivity index (χ0v) is 14.9. The van der Waals surface area contributed by atoms with Crippen LogP contribution in [0.4, 0.5) is 0 Å². The number of carbonyl (C=O) groups excluding carboxylic acids is 1. The van der Waals surface area contributed by atoms with Gasteiger partial charge in [0.2, 0.25) is 0 Å². The second-order valence-electron chi connectivity index (χ2n) is 7.53. The van der Waals surface area contributed by atoms with Crippen molar-refractivity contribution in [3.63, 3.8) is 0 Å². The topological polar surface area (TPSA) is 66.8 Å². The zero-order chi connectivity index (χ0) is 18.3. The van der Waals surface area contributed by atoms with Crippen LogP contribution >= 0.6 is 0 Å². The number of carbonyl (C=O) groups is 2. The summed E-state index contributed by atoms with van der Waals surface area (Å²) in [5.41, 5.74) is -0.267. The predicted octanol–water partition coefficient (Wildman–Crippen LogP) is 3.67. The second kappa shape index (κ2) is 6.40. The predicted molar refractivity (Wildman–Crippen MR) is 97.9 cm³/mol. The number of fused-ring (bicyclic) bond motifs is 1. The first-order valence-corrected chi connectivity index (χ1v) is 9.19. The van der Waals surface area contributed by atoms with E-state index in [0.29, 0.717) is 24.3 Å². The normalized spacial score (nSPS) is 28.6. The first-order chi connectivity index (χ1) is 12.5. The molecule has 0 unspecified atom stereocenters. The largest absolute Gasteiger partial charge is 0.480 e.